The van der Waals surface area contributed by atoms with Crippen molar-refractivity contribution < 1.29 is 9.90 Å². The number of halogens is 1. The van der Waals surface area contributed by atoms with Crippen LogP contribution in [0.4, 0.5) is 5.69 Å². The predicted octanol–water partition coefficient (Wildman–Crippen LogP) is 3.21. The summed E-state index contributed by atoms with van der Waals surface area (Å²) in [6.45, 7) is 1.98. The molecule has 15 heavy (non-hydrogen) atoms. The van der Waals surface area contributed by atoms with E-state index in [2.05, 4.69) is 5.32 Å². The SMILES string of the molecule is CCC1(Cl)Nc2ccc(C(=O)O)cc2S1. The quantitative estimate of drug-likeness (QED) is 0.619. The van der Waals surface area contributed by atoms with Gasteiger partial charge in [0.2, 0.25) is 0 Å². The Kier molecular flexibility index (Phi) is 2.56. The number of alkyl halides is 1. The second kappa shape index (κ2) is 3.61. The maximum atomic E-state index is 10.8. The first-order valence-corrected chi connectivity index (χ1v) is 5.77. The van der Waals surface area contributed by atoms with Crippen molar-refractivity contribution in [3.8, 4) is 0 Å². The Balaban J connectivity index is 2.35. The van der Waals surface area contributed by atoms with Gasteiger partial charge in [-0.3, -0.25) is 0 Å². The highest BCUT2D eigenvalue weighted by Gasteiger charge is 2.34. The highest BCUT2D eigenvalue weighted by Crippen LogP contribution is 2.49. The van der Waals surface area contributed by atoms with Crippen LogP contribution in [0.1, 0.15) is 23.7 Å². The molecule has 1 aliphatic heterocycles. The Morgan fingerprint density at radius 2 is 2.40 bits per heavy atom. The molecule has 1 heterocycles. The molecule has 0 saturated heterocycles. The number of nitrogens with one attached hydrogen (secondary N) is 1. The van der Waals surface area contributed by atoms with E-state index in [9.17, 15) is 4.79 Å². The van der Waals surface area contributed by atoms with Crippen molar-refractivity contribution >= 4 is 35.0 Å². The summed E-state index contributed by atoms with van der Waals surface area (Å²) in [7, 11) is 0. The Morgan fingerprint density at radius 3 is 3.00 bits per heavy atom. The van der Waals surface area contributed by atoms with Gasteiger partial charge in [-0.1, -0.05) is 30.3 Å². The molecule has 1 aromatic carbocycles. The lowest BCUT2D eigenvalue weighted by Gasteiger charge is -2.18. The number of carboxylic acid groups (broad SMARTS) is 1. The van der Waals surface area contributed by atoms with Crippen LogP contribution in [-0.4, -0.2) is 15.4 Å². The normalized spacial score (nSPS) is 23.3. The number of fused-ring (bicyclic) bond motifs is 1. The van der Waals surface area contributed by atoms with Crippen LogP contribution in [0.5, 0.6) is 0 Å². The Labute approximate surface area is 96.8 Å². The number of carboxylic acids is 1. The second-order valence-corrected chi connectivity index (χ2v) is 5.54. The molecule has 0 spiro atoms. The highest BCUT2D eigenvalue weighted by atomic mass is 35.5. The van der Waals surface area contributed by atoms with Gasteiger partial charge in [0, 0.05) is 10.6 Å². The fourth-order valence-corrected chi connectivity index (χ4v) is 2.82. The van der Waals surface area contributed by atoms with E-state index in [0.29, 0.717) is 5.56 Å². The van der Waals surface area contributed by atoms with Gasteiger partial charge in [-0.25, -0.2) is 4.79 Å². The molecule has 2 N–H and O–H groups in total. The van der Waals surface area contributed by atoms with Gasteiger partial charge in [0.05, 0.1) is 5.56 Å². The van der Waals surface area contributed by atoms with Gasteiger partial charge in [-0.05, 0) is 24.6 Å². The van der Waals surface area contributed by atoms with Gasteiger partial charge in [0.25, 0.3) is 0 Å². The minimum Gasteiger partial charge on any atom is -0.478 e. The first-order valence-electron chi connectivity index (χ1n) is 4.57. The molecule has 1 aliphatic rings. The summed E-state index contributed by atoms with van der Waals surface area (Å²) in [6.07, 6.45) is 0.760. The number of benzene rings is 1. The van der Waals surface area contributed by atoms with Crippen LogP contribution in [0.3, 0.4) is 0 Å². The third kappa shape index (κ3) is 1.92. The number of anilines is 1. The smallest absolute Gasteiger partial charge is 0.335 e. The molecule has 5 heteroatoms. The van der Waals surface area contributed by atoms with E-state index in [1.165, 1.54) is 11.8 Å². The zero-order chi connectivity index (χ0) is 11.1. The molecule has 0 amide bonds. The molecule has 0 aliphatic carbocycles. The van der Waals surface area contributed by atoms with Gasteiger partial charge in [-0.2, -0.15) is 0 Å². The zero-order valence-corrected chi connectivity index (χ0v) is 9.65. The van der Waals surface area contributed by atoms with Gasteiger partial charge < -0.3 is 10.4 Å². The molecular weight excluding hydrogens is 234 g/mol. The molecule has 0 fully saturated rings. The number of hydrogen-bond acceptors (Lipinski definition) is 3. The monoisotopic (exact) mass is 243 g/mol. The minimum absolute atomic E-state index is 0.292. The average molecular weight is 244 g/mol. The Bertz CT molecular complexity index is 424. The fraction of sp³-hybridized carbons (Fsp3) is 0.300. The molecule has 2 rings (SSSR count). The molecule has 1 atom stereocenters. The molecule has 0 saturated carbocycles. The first-order chi connectivity index (χ1) is 7.04. The van der Waals surface area contributed by atoms with E-state index in [1.807, 2.05) is 6.92 Å². The third-order valence-corrected chi connectivity index (χ3v) is 4.14. The first kappa shape index (κ1) is 10.6. The van der Waals surface area contributed by atoms with Crippen molar-refractivity contribution in [3.63, 3.8) is 0 Å². The van der Waals surface area contributed by atoms with E-state index >= 15 is 0 Å². The maximum absolute atomic E-state index is 10.8. The molecule has 3 nitrogen and oxygen atoms in total. The van der Waals surface area contributed by atoms with Gasteiger partial charge in [-0.15, -0.1) is 0 Å². The van der Waals surface area contributed by atoms with Crippen LogP contribution in [0.25, 0.3) is 0 Å². The standard InChI is InChI=1S/C10H10ClNO2S/c1-2-10(11)12-7-4-3-6(9(13)14)5-8(7)15-10/h3-5,12H,2H2,1H3,(H,13,14). The molecule has 0 bridgehead atoms. The topological polar surface area (TPSA) is 49.3 Å². The van der Waals surface area contributed by atoms with E-state index in [-0.39, 0.29) is 0 Å². The number of hydrogen-bond donors (Lipinski definition) is 2. The summed E-state index contributed by atoms with van der Waals surface area (Å²) in [5.41, 5.74) is 1.20. The number of aromatic carboxylic acids is 1. The molecule has 1 unspecified atom stereocenters. The van der Waals surface area contributed by atoms with Crippen molar-refractivity contribution in [1.82, 2.24) is 0 Å². The minimum atomic E-state index is -0.915. The second-order valence-electron chi connectivity index (χ2n) is 3.33. The lowest BCUT2D eigenvalue weighted by Crippen LogP contribution is -2.21. The number of thioether (sulfide) groups is 1. The molecule has 80 valence electrons. The van der Waals surface area contributed by atoms with Gasteiger partial charge in [0.15, 0.2) is 4.33 Å². The summed E-state index contributed by atoms with van der Waals surface area (Å²) in [6, 6.07) is 4.98. The summed E-state index contributed by atoms with van der Waals surface area (Å²) in [4.78, 5) is 11.7. The van der Waals surface area contributed by atoms with Gasteiger partial charge in [0.1, 0.15) is 0 Å². The van der Waals surface area contributed by atoms with Crippen molar-refractivity contribution in [3.05, 3.63) is 23.8 Å². The van der Waals surface area contributed by atoms with Crippen LogP contribution in [-0.2, 0) is 0 Å². The summed E-state index contributed by atoms with van der Waals surface area (Å²) in [5, 5.41) is 12.0. The van der Waals surface area contributed by atoms with Crippen molar-refractivity contribution in [2.45, 2.75) is 22.6 Å². The Morgan fingerprint density at radius 1 is 1.67 bits per heavy atom. The maximum Gasteiger partial charge on any atom is 0.335 e. The third-order valence-electron chi connectivity index (χ3n) is 2.28. The van der Waals surface area contributed by atoms with Crippen LogP contribution in [0, 0.1) is 0 Å². The lowest BCUT2D eigenvalue weighted by atomic mass is 10.2. The number of carbonyl (C=O) groups is 1. The van der Waals surface area contributed by atoms with E-state index in [0.717, 1.165) is 17.0 Å². The highest BCUT2D eigenvalue weighted by molar-refractivity contribution is 8.02. The predicted molar refractivity (Wildman–Crippen MR) is 61.8 cm³/mol. The van der Waals surface area contributed by atoms with Crippen LogP contribution in [0.15, 0.2) is 23.1 Å². The van der Waals surface area contributed by atoms with Crippen LogP contribution >= 0.6 is 23.4 Å². The number of rotatable bonds is 2. The zero-order valence-electron chi connectivity index (χ0n) is 8.08. The van der Waals surface area contributed by atoms with Crippen molar-refractivity contribution in [2.75, 3.05) is 5.32 Å². The van der Waals surface area contributed by atoms with Gasteiger partial charge >= 0.3 is 5.97 Å². The van der Waals surface area contributed by atoms with E-state index in [4.69, 9.17) is 16.7 Å². The van der Waals surface area contributed by atoms with Crippen molar-refractivity contribution in [1.29, 1.82) is 0 Å². The summed E-state index contributed by atoms with van der Waals surface area (Å²) < 4.78 is -0.528. The fourth-order valence-electron chi connectivity index (χ4n) is 1.40. The molecular formula is C10H10ClNO2S. The largest absolute Gasteiger partial charge is 0.478 e. The van der Waals surface area contributed by atoms with E-state index in [1.54, 1.807) is 18.2 Å². The molecule has 0 aromatic heterocycles. The molecule has 1 aromatic rings. The molecule has 0 radical (unpaired) electrons. The van der Waals surface area contributed by atoms with E-state index < -0.39 is 10.3 Å². The Hall–Kier alpha value is -0.870. The van der Waals surface area contributed by atoms with Crippen molar-refractivity contribution in [2.24, 2.45) is 0 Å². The van der Waals surface area contributed by atoms with Crippen LogP contribution in [0.2, 0.25) is 0 Å². The average Bonchev–Trinajstić information content (AvgIpc) is 2.53. The lowest BCUT2D eigenvalue weighted by molar-refractivity contribution is 0.0696. The summed E-state index contributed by atoms with van der Waals surface area (Å²) in [5.74, 6) is -0.915. The summed E-state index contributed by atoms with van der Waals surface area (Å²) >= 11 is 7.72. The van der Waals surface area contributed by atoms with Crippen LogP contribution < -0.4 is 5.32 Å².